The summed E-state index contributed by atoms with van der Waals surface area (Å²) in [5, 5.41) is 6.75. The third-order valence-electron chi connectivity index (χ3n) is 5.62. The number of benzene rings is 2. The average molecular weight is 533 g/mol. The van der Waals surface area contributed by atoms with Gasteiger partial charge < -0.3 is 20.0 Å². The molecule has 1 aliphatic heterocycles. The number of para-hydroxylation sites is 1. The minimum absolute atomic E-state index is 0.0725. The van der Waals surface area contributed by atoms with Gasteiger partial charge in [0.1, 0.15) is 24.1 Å². The zero-order valence-electron chi connectivity index (χ0n) is 18.0. The molecule has 3 heterocycles. The molecule has 0 radical (unpaired) electrons. The molecular formula is C26H21BrN4O2S. The van der Waals surface area contributed by atoms with Crippen LogP contribution in [0.5, 0.6) is 0 Å². The quantitative estimate of drug-likeness (QED) is 0.309. The van der Waals surface area contributed by atoms with E-state index in [1.54, 1.807) is 6.20 Å². The van der Waals surface area contributed by atoms with Crippen LogP contribution in [0.3, 0.4) is 0 Å². The van der Waals surface area contributed by atoms with Gasteiger partial charge in [-0.05, 0) is 60.7 Å². The van der Waals surface area contributed by atoms with Crippen LogP contribution in [0.2, 0.25) is 0 Å². The third kappa shape index (κ3) is 4.73. The number of hydrogen-bond donors (Lipinski definition) is 2. The van der Waals surface area contributed by atoms with E-state index in [2.05, 4.69) is 31.5 Å². The van der Waals surface area contributed by atoms with Crippen LogP contribution < -0.4 is 10.6 Å². The molecule has 4 aromatic rings. The Bertz CT molecular complexity index is 1300. The van der Waals surface area contributed by atoms with E-state index in [9.17, 15) is 4.79 Å². The van der Waals surface area contributed by atoms with Gasteiger partial charge in [-0.2, -0.15) is 0 Å². The van der Waals surface area contributed by atoms with Crippen molar-refractivity contribution in [1.82, 2.24) is 15.2 Å². The molecule has 34 heavy (non-hydrogen) atoms. The normalized spacial score (nSPS) is 17.4. The zero-order chi connectivity index (χ0) is 23.5. The summed E-state index contributed by atoms with van der Waals surface area (Å²) in [4.78, 5) is 19.3. The van der Waals surface area contributed by atoms with Gasteiger partial charge in [0.15, 0.2) is 5.11 Å². The Balaban J connectivity index is 1.46. The number of carbonyl (C=O) groups excluding carboxylic acids is 1. The highest BCUT2D eigenvalue weighted by molar-refractivity contribution is 9.10. The second-order valence-corrected chi connectivity index (χ2v) is 9.18. The predicted molar refractivity (Wildman–Crippen MR) is 139 cm³/mol. The van der Waals surface area contributed by atoms with Crippen molar-refractivity contribution in [2.45, 2.75) is 12.1 Å². The minimum atomic E-state index is -0.340. The van der Waals surface area contributed by atoms with Crippen molar-refractivity contribution in [2.24, 2.45) is 0 Å². The summed E-state index contributed by atoms with van der Waals surface area (Å²) >= 11 is 9.12. The summed E-state index contributed by atoms with van der Waals surface area (Å²) in [6.45, 7) is 0.0725. The van der Waals surface area contributed by atoms with Gasteiger partial charge in [0.25, 0.3) is 0 Å². The van der Waals surface area contributed by atoms with E-state index in [0.29, 0.717) is 10.9 Å². The highest BCUT2D eigenvalue weighted by atomic mass is 79.9. The molecule has 1 saturated heterocycles. The molecule has 0 spiro atoms. The number of nitrogens with one attached hydrogen (secondary N) is 2. The Kier molecular flexibility index (Phi) is 6.42. The summed E-state index contributed by atoms with van der Waals surface area (Å²) in [5.74, 6) is 1.28. The fourth-order valence-electron chi connectivity index (χ4n) is 4.04. The number of anilines is 1. The van der Waals surface area contributed by atoms with Crippen LogP contribution in [-0.4, -0.2) is 27.4 Å². The standard InChI is InChI=1S/C26H21BrN4O2S/c27-18-11-9-17(10-12-18)21-13-14-22(33-21)25-24(20-8-4-5-15-28-20)30-26(34)31(25)16-23(32)29-19-6-2-1-3-7-19/h1-15,24-25H,16H2,(H,29,32)(H,30,34). The van der Waals surface area contributed by atoms with Gasteiger partial charge in [-0.15, -0.1) is 0 Å². The van der Waals surface area contributed by atoms with E-state index in [0.717, 1.165) is 27.2 Å². The summed E-state index contributed by atoms with van der Waals surface area (Å²) in [6.07, 6.45) is 1.75. The molecule has 2 N–H and O–H groups in total. The fourth-order valence-corrected chi connectivity index (χ4v) is 4.61. The van der Waals surface area contributed by atoms with Crippen LogP contribution in [0.4, 0.5) is 5.69 Å². The lowest BCUT2D eigenvalue weighted by atomic mass is 10.0. The van der Waals surface area contributed by atoms with Gasteiger partial charge in [0.2, 0.25) is 5.91 Å². The van der Waals surface area contributed by atoms with Gasteiger partial charge in [0, 0.05) is 21.9 Å². The van der Waals surface area contributed by atoms with E-state index >= 15 is 0 Å². The smallest absolute Gasteiger partial charge is 0.244 e. The summed E-state index contributed by atoms with van der Waals surface area (Å²) in [6, 6.07) is 26.3. The van der Waals surface area contributed by atoms with Crippen LogP contribution in [-0.2, 0) is 4.79 Å². The maximum atomic E-state index is 12.9. The number of carbonyl (C=O) groups is 1. The van der Waals surface area contributed by atoms with Crippen molar-refractivity contribution in [3.63, 3.8) is 0 Å². The molecular weight excluding hydrogens is 512 g/mol. The van der Waals surface area contributed by atoms with Crippen molar-refractivity contribution < 1.29 is 9.21 Å². The first-order chi connectivity index (χ1) is 16.6. The minimum Gasteiger partial charge on any atom is -0.459 e. The van der Waals surface area contributed by atoms with E-state index in [1.807, 2.05) is 89.8 Å². The second-order valence-electron chi connectivity index (χ2n) is 7.88. The number of hydrogen-bond acceptors (Lipinski definition) is 4. The predicted octanol–water partition coefficient (Wildman–Crippen LogP) is 5.72. The van der Waals surface area contributed by atoms with Crippen LogP contribution in [0.15, 0.2) is 100 Å². The number of nitrogens with zero attached hydrogens (tertiary/aromatic N) is 2. The van der Waals surface area contributed by atoms with Gasteiger partial charge in [0.05, 0.1) is 11.7 Å². The molecule has 8 heteroatoms. The number of rotatable bonds is 6. The lowest BCUT2D eigenvalue weighted by Crippen LogP contribution is -2.36. The van der Waals surface area contributed by atoms with Crippen molar-refractivity contribution in [1.29, 1.82) is 0 Å². The summed E-state index contributed by atoms with van der Waals surface area (Å²) in [5.41, 5.74) is 2.52. The number of amides is 1. The molecule has 2 aromatic carbocycles. The second kappa shape index (κ2) is 9.79. The van der Waals surface area contributed by atoms with Crippen molar-refractivity contribution >= 4 is 44.9 Å². The van der Waals surface area contributed by atoms with Gasteiger partial charge >= 0.3 is 0 Å². The molecule has 0 aliphatic carbocycles. The average Bonchev–Trinajstić information content (AvgIpc) is 3.46. The number of furan rings is 1. The van der Waals surface area contributed by atoms with Crippen LogP contribution in [0, 0.1) is 0 Å². The third-order valence-corrected chi connectivity index (χ3v) is 6.50. The van der Waals surface area contributed by atoms with Crippen LogP contribution in [0.1, 0.15) is 23.5 Å². The molecule has 170 valence electrons. The molecule has 0 saturated carbocycles. The molecule has 0 bridgehead atoms. The Labute approximate surface area is 211 Å². The molecule has 1 aliphatic rings. The van der Waals surface area contributed by atoms with E-state index in [-0.39, 0.29) is 24.5 Å². The van der Waals surface area contributed by atoms with Gasteiger partial charge in [-0.1, -0.05) is 52.3 Å². The monoisotopic (exact) mass is 532 g/mol. The lowest BCUT2D eigenvalue weighted by Gasteiger charge is -2.25. The van der Waals surface area contributed by atoms with Gasteiger partial charge in [-0.25, -0.2) is 0 Å². The topological polar surface area (TPSA) is 70.4 Å². The zero-order valence-corrected chi connectivity index (χ0v) is 20.4. The maximum absolute atomic E-state index is 12.9. The largest absolute Gasteiger partial charge is 0.459 e. The first-order valence-electron chi connectivity index (χ1n) is 10.8. The van der Waals surface area contributed by atoms with E-state index in [4.69, 9.17) is 16.6 Å². The number of aromatic nitrogens is 1. The lowest BCUT2D eigenvalue weighted by molar-refractivity contribution is -0.116. The van der Waals surface area contributed by atoms with E-state index < -0.39 is 0 Å². The molecule has 1 fully saturated rings. The Hall–Kier alpha value is -3.49. The van der Waals surface area contributed by atoms with Crippen molar-refractivity contribution in [3.8, 4) is 11.3 Å². The molecule has 2 atom stereocenters. The molecule has 5 rings (SSSR count). The molecule has 2 aromatic heterocycles. The van der Waals surface area contributed by atoms with Gasteiger partial charge in [-0.3, -0.25) is 9.78 Å². The molecule has 1 amide bonds. The number of pyridine rings is 1. The first-order valence-corrected chi connectivity index (χ1v) is 12.0. The SMILES string of the molecule is O=C(CN1C(=S)NC(c2ccccn2)C1c1ccc(-c2ccc(Br)cc2)o1)Nc1ccccc1. The van der Waals surface area contributed by atoms with Crippen molar-refractivity contribution in [2.75, 3.05) is 11.9 Å². The van der Waals surface area contributed by atoms with Crippen LogP contribution >= 0.6 is 28.1 Å². The van der Waals surface area contributed by atoms with Crippen LogP contribution in [0.25, 0.3) is 11.3 Å². The summed E-state index contributed by atoms with van der Waals surface area (Å²) < 4.78 is 7.31. The molecule has 6 nitrogen and oxygen atoms in total. The Morgan fingerprint density at radius 1 is 1.03 bits per heavy atom. The number of halogens is 1. The maximum Gasteiger partial charge on any atom is 0.244 e. The first kappa shape index (κ1) is 22.3. The highest BCUT2D eigenvalue weighted by Gasteiger charge is 2.42. The fraction of sp³-hybridized carbons (Fsp3) is 0.115. The van der Waals surface area contributed by atoms with E-state index in [1.165, 1.54) is 0 Å². The Morgan fingerprint density at radius 2 is 1.79 bits per heavy atom. The van der Waals surface area contributed by atoms with Crippen molar-refractivity contribution in [3.05, 3.63) is 107 Å². The Morgan fingerprint density at radius 3 is 2.53 bits per heavy atom. The number of thiocarbonyl (C=S) groups is 1. The summed E-state index contributed by atoms with van der Waals surface area (Å²) in [7, 11) is 0. The highest BCUT2D eigenvalue weighted by Crippen LogP contribution is 2.40. The molecule has 2 unspecified atom stereocenters.